The van der Waals surface area contributed by atoms with E-state index >= 15 is 0 Å². The Bertz CT molecular complexity index is 1040. The molecule has 0 unspecified atom stereocenters. The number of benzene rings is 2. The summed E-state index contributed by atoms with van der Waals surface area (Å²) in [4.78, 5) is 22.6. The summed E-state index contributed by atoms with van der Waals surface area (Å²) in [6, 6.07) is 15.5. The molecule has 144 valence electrons. The number of rotatable bonds is 5. The molecule has 0 bridgehead atoms. The zero-order chi connectivity index (χ0) is 20.3. The highest BCUT2D eigenvalue weighted by Crippen LogP contribution is 2.26. The van der Waals surface area contributed by atoms with Gasteiger partial charge in [-0.15, -0.1) is 13.2 Å². The van der Waals surface area contributed by atoms with E-state index < -0.39 is 11.3 Å². The monoisotopic (exact) mass is 390 g/mol. The second-order valence-corrected chi connectivity index (χ2v) is 5.83. The molecule has 9 heteroatoms. The van der Waals surface area contributed by atoms with Gasteiger partial charge < -0.3 is 9.30 Å². The summed E-state index contributed by atoms with van der Waals surface area (Å²) in [7, 11) is 0. The van der Waals surface area contributed by atoms with E-state index in [2.05, 4.69) is 4.74 Å². The van der Waals surface area contributed by atoms with Gasteiger partial charge in [0.1, 0.15) is 5.75 Å². The van der Waals surface area contributed by atoms with Crippen LogP contribution in [0.3, 0.4) is 0 Å². The Balaban J connectivity index is 1.92. The van der Waals surface area contributed by atoms with Crippen LogP contribution in [0.1, 0.15) is 5.56 Å². The van der Waals surface area contributed by atoms with E-state index in [4.69, 9.17) is 0 Å². The molecule has 0 saturated heterocycles. The highest BCUT2D eigenvalue weighted by atomic mass is 19.4. The summed E-state index contributed by atoms with van der Waals surface area (Å²) >= 11 is 0. The number of alkyl halides is 3. The predicted molar refractivity (Wildman–Crippen MR) is 95.0 cm³/mol. The Morgan fingerprint density at radius 2 is 1.61 bits per heavy atom. The van der Waals surface area contributed by atoms with Crippen LogP contribution in [0.2, 0.25) is 0 Å². The van der Waals surface area contributed by atoms with Crippen LogP contribution in [-0.2, 0) is 6.54 Å². The normalized spacial score (nSPS) is 11.2. The SMILES string of the molecule is O=c1cccc(-c2ccc(OC(F)(F)F)cc2)n1Cc1ccc([N+](=O)[O-])cc1. The summed E-state index contributed by atoms with van der Waals surface area (Å²) in [6.07, 6.45) is -4.79. The standard InChI is InChI=1S/C19H13F3N2O4/c20-19(21,22)28-16-10-6-14(7-11-16)17-2-1-3-18(25)23(17)12-13-4-8-15(9-5-13)24(26)27/h1-11H,12H2. The lowest BCUT2D eigenvalue weighted by Gasteiger charge is -2.14. The minimum Gasteiger partial charge on any atom is -0.406 e. The first-order valence-electron chi connectivity index (χ1n) is 8.02. The van der Waals surface area contributed by atoms with Crippen molar-refractivity contribution in [2.75, 3.05) is 0 Å². The van der Waals surface area contributed by atoms with E-state index in [0.29, 0.717) is 16.8 Å². The van der Waals surface area contributed by atoms with Crippen molar-refractivity contribution in [3.05, 3.63) is 92.8 Å². The Kier molecular flexibility index (Phi) is 5.16. The minimum atomic E-state index is -4.79. The average molecular weight is 390 g/mol. The van der Waals surface area contributed by atoms with Crippen molar-refractivity contribution >= 4 is 5.69 Å². The molecular weight excluding hydrogens is 377 g/mol. The molecular formula is C19H13F3N2O4. The van der Waals surface area contributed by atoms with Gasteiger partial charge in [0.05, 0.1) is 17.2 Å². The molecule has 0 saturated carbocycles. The van der Waals surface area contributed by atoms with Gasteiger partial charge in [-0.25, -0.2) is 0 Å². The highest BCUT2D eigenvalue weighted by Gasteiger charge is 2.31. The van der Waals surface area contributed by atoms with Crippen molar-refractivity contribution in [2.45, 2.75) is 12.9 Å². The van der Waals surface area contributed by atoms with Gasteiger partial charge in [-0.1, -0.05) is 18.2 Å². The van der Waals surface area contributed by atoms with E-state index in [9.17, 15) is 28.1 Å². The first-order valence-corrected chi connectivity index (χ1v) is 8.02. The van der Waals surface area contributed by atoms with Crippen molar-refractivity contribution in [1.82, 2.24) is 4.57 Å². The number of halogens is 3. The lowest BCUT2D eigenvalue weighted by Crippen LogP contribution is -2.21. The third-order valence-corrected chi connectivity index (χ3v) is 3.92. The van der Waals surface area contributed by atoms with Crippen LogP contribution in [-0.4, -0.2) is 15.9 Å². The number of ether oxygens (including phenoxy) is 1. The van der Waals surface area contributed by atoms with Crippen LogP contribution in [0.5, 0.6) is 5.75 Å². The number of nitro benzene ring substituents is 1. The van der Waals surface area contributed by atoms with Crippen LogP contribution < -0.4 is 10.3 Å². The highest BCUT2D eigenvalue weighted by molar-refractivity contribution is 5.60. The topological polar surface area (TPSA) is 74.4 Å². The number of aromatic nitrogens is 1. The molecule has 0 aliphatic carbocycles. The van der Waals surface area contributed by atoms with Gasteiger partial charge in [0.15, 0.2) is 0 Å². The van der Waals surface area contributed by atoms with Gasteiger partial charge in [0.25, 0.3) is 11.2 Å². The molecule has 2 aromatic carbocycles. The molecule has 0 aliphatic heterocycles. The number of hydrogen-bond donors (Lipinski definition) is 0. The number of nitrogens with zero attached hydrogens (tertiary/aromatic N) is 2. The van der Waals surface area contributed by atoms with Gasteiger partial charge in [-0.05, 0) is 41.5 Å². The smallest absolute Gasteiger partial charge is 0.406 e. The molecule has 0 fully saturated rings. The zero-order valence-corrected chi connectivity index (χ0v) is 14.2. The maximum Gasteiger partial charge on any atom is 0.573 e. The fraction of sp³-hybridized carbons (Fsp3) is 0.105. The van der Waals surface area contributed by atoms with Crippen molar-refractivity contribution in [3.63, 3.8) is 0 Å². The van der Waals surface area contributed by atoms with Crippen LogP contribution in [0.25, 0.3) is 11.3 Å². The largest absolute Gasteiger partial charge is 0.573 e. The van der Waals surface area contributed by atoms with E-state index in [0.717, 1.165) is 12.1 Å². The summed E-state index contributed by atoms with van der Waals surface area (Å²) in [6.45, 7) is 0.147. The summed E-state index contributed by atoms with van der Waals surface area (Å²) < 4.78 is 42.2. The molecule has 0 atom stereocenters. The van der Waals surface area contributed by atoms with Crippen molar-refractivity contribution in [2.24, 2.45) is 0 Å². The fourth-order valence-corrected chi connectivity index (χ4v) is 2.67. The predicted octanol–water partition coefficient (Wildman–Crippen LogP) is 4.37. The number of pyridine rings is 1. The second kappa shape index (κ2) is 7.55. The quantitative estimate of drug-likeness (QED) is 0.479. The Labute approximate surface area is 156 Å². The van der Waals surface area contributed by atoms with Gasteiger partial charge in [0, 0.05) is 18.2 Å². The van der Waals surface area contributed by atoms with Crippen LogP contribution in [0, 0.1) is 10.1 Å². The molecule has 0 radical (unpaired) electrons. The first kappa shape index (κ1) is 19.2. The Hall–Kier alpha value is -3.62. The van der Waals surface area contributed by atoms with Gasteiger partial charge in [-0.3, -0.25) is 14.9 Å². The Morgan fingerprint density at radius 3 is 2.18 bits per heavy atom. The Morgan fingerprint density at radius 1 is 0.964 bits per heavy atom. The fourth-order valence-electron chi connectivity index (χ4n) is 2.67. The number of non-ortho nitro benzene ring substituents is 1. The molecule has 0 amide bonds. The van der Waals surface area contributed by atoms with Crippen molar-refractivity contribution in [1.29, 1.82) is 0 Å². The van der Waals surface area contributed by atoms with Crippen LogP contribution in [0.4, 0.5) is 18.9 Å². The van der Waals surface area contributed by atoms with Crippen LogP contribution >= 0.6 is 0 Å². The minimum absolute atomic E-state index is 0.0652. The summed E-state index contributed by atoms with van der Waals surface area (Å²) in [5.74, 6) is -0.364. The molecule has 3 aromatic rings. The first-order chi connectivity index (χ1) is 13.2. The van der Waals surface area contributed by atoms with Gasteiger partial charge >= 0.3 is 6.36 Å². The van der Waals surface area contributed by atoms with Crippen LogP contribution in [0.15, 0.2) is 71.5 Å². The average Bonchev–Trinajstić information content (AvgIpc) is 2.63. The number of nitro groups is 1. The number of hydrogen-bond acceptors (Lipinski definition) is 4. The van der Waals surface area contributed by atoms with E-state index in [1.165, 1.54) is 34.9 Å². The molecule has 6 nitrogen and oxygen atoms in total. The van der Waals surface area contributed by atoms with Crippen molar-refractivity contribution in [3.8, 4) is 17.0 Å². The molecule has 0 N–H and O–H groups in total. The molecule has 28 heavy (non-hydrogen) atoms. The molecule has 0 aliphatic rings. The molecule has 1 heterocycles. The maximum atomic E-state index is 12.3. The molecule has 1 aromatic heterocycles. The molecule has 3 rings (SSSR count). The maximum absolute atomic E-state index is 12.3. The summed E-state index contributed by atoms with van der Waals surface area (Å²) in [5.41, 5.74) is 1.30. The van der Waals surface area contributed by atoms with Gasteiger partial charge in [-0.2, -0.15) is 0 Å². The second-order valence-electron chi connectivity index (χ2n) is 5.83. The van der Waals surface area contributed by atoms with E-state index in [1.807, 2.05) is 0 Å². The zero-order valence-electron chi connectivity index (χ0n) is 14.2. The van der Waals surface area contributed by atoms with Crippen molar-refractivity contribution < 1.29 is 22.8 Å². The summed E-state index contributed by atoms with van der Waals surface area (Å²) in [5, 5.41) is 10.7. The van der Waals surface area contributed by atoms with Gasteiger partial charge in [0.2, 0.25) is 0 Å². The lowest BCUT2D eigenvalue weighted by atomic mass is 10.1. The lowest BCUT2D eigenvalue weighted by molar-refractivity contribution is -0.384. The van der Waals surface area contributed by atoms with E-state index in [1.54, 1.807) is 24.3 Å². The third kappa shape index (κ3) is 4.56. The van der Waals surface area contributed by atoms with E-state index in [-0.39, 0.29) is 23.5 Å². The molecule has 0 spiro atoms. The third-order valence-electron chi connectivity index (χ3n) is 3.92.